The Morgan fingerprint density at radius 2 is 1.94 bits per heavy atom. The molecule has 1 aromatic carbocycles. The number of nitrogens with one attached hydrogen (secondary N) is 1. The first kappa shape index (κ1) is 13.2. The zero-order chi connectivity index (χ0) is 13.5. The second-order valence-corrected chi connectivity index (χ2v) is 5.66. The van der Waals surface area contributed by atoms with Gasteiger partial charge in [-0.3, -0.25) is 4.79 Å². The first-order valence-corrected chi connectivity index (χ1v) is 6.16. The zero-order valence-electron chi connectivity index (χ0n) is 9.96. The largest absolute Gasteiger partial charge is 0.332 e. The van der Waals surface area contributed by atoms with Crippen LogP contribution in [0.2, 0.25) is 10.0 Å². The number of carbonyl (C=O) groups excluding carboxylic acids is 2. The summed E-state index contributed by atoms with van der Waals surface area (Å²) in [5.74, 6) is -0.298. The number of hydrogen-bond acceptors (Lipinski definition) is 2. The lowest BCUT2D eigenvalue weighted by atomic mass is 9.97. The lowest BCUT2D eigenvalue weighted by Gasteiger charge is -2.36. The second kappa shape index (κ2) is 4.44. The number of amides is 3. The van der Waals surface area contributed by atoms with E-state index in [0.29, 0.717) is 15.7 Å². The van der Waals surface area contributed by atoms with Gasteiger partial charge in [-0.15, -0.1) is 0 Å². The van der Waals surface area contributed by atoms with Crippen molar-refractivity contribution in [3.63, 3.8) is 0 Å². The van der Waals surface area contributed by atoms with Crippen molar-refractivity contribution in [2.45, 2.75) is 25.8 Å². The Morgan fingerprint density at radius 1 is 1.28 bits per heavy atom. The van der Waals surface area contributed by atoms with Gasteiger partial charge in [0.15, 0.2) is 0 Å². The molecule has 18 heavy (non-hydrogen) atoms. The van der Waals surface area contributed by atoms with Gasteiger partial charge in [0.2, 0.25) is 5.91 Å². The lowest BCUT2D eigenvalue weighted by Crippen LogP contribution is -2.59. The molecule has 0 radical (unpaired) electrons. The highest BCUT2D eigenvalue weighted by Crippen LogP contribution is 2.32. The molecule has 1 N–H and O–H groups in total. The minimum atomic E-state index is -0.546. The Kier molecular flexibility index (Phi) is 3.25. The summed E-state index contributed by atoms with van der Waals surface area (Å²) in [6, 6.07) is 4.17. The number of carbonyl (C=O) groups is 2. The van der Waals surface area contributed by atoms with E-state index in [4.69, 9.17) is 23.2 Å². The molecule has 96 valence electrons. The van der Waals surface area contributed by atoms with Gasteiger partial charge in [-0.2, -0.15) is 0 Å². The van der Waals surface area contributed by atoms with Crippen LogP contribution in [0.3, 0.4) is 0 Å². The molecule has 0 aromatic heterocycles. The van der Waals surface area contributed by atoms with E-state index < -0.39 is 11.6 Å². The van der Waals surface area contributed by atoms with E-state index in [0.717, 1.165) is 4.90 Å². The molecule has 4 nitrogen and oxygen atoms in total. The van der Waals surface area contributed by atoms with Gasteiger partial charge < -0.3 is 5.32 Å². The van der Waals surface area contributed by atoms with Crippen molar-refractivity contribution in [3.8, 4) is 0 Å². The molecule has 0 unspecified atom stereocenters. The predicted octanol–water partition coefficient (Wildman–Crippen LogP) is 3.22. The van der Waals surface area contributed by atoms with E-state index in [-0.39, 0.29) is 12.3 Å². The molecule has 1 aliphatic heterocycles. The molecule has 1 aliphatic rings. The van der Waals surface area contributed by atoms with E-state index in [1.165, 1.54) is 6.07 Å². The molecular weight excluding hydrogens is 275 g/mol. The summed E-state index contributed by atoms with van der Waals surface area (Å²) in [6.07, 6.45) is 0.210. The molecule has 0 atom stereocenters. The third-order valence-corrected chi connectivity index (χ3v) is 3.19. The molecule has 0 bridgehead atoms. The molecule has 1 aromatic rings. The number of benzene rings is 1. The average molecular weight is 287 g/mol. The maximum Gasteiger partial charge on any atom is 0.329 e. The predicted molar refractivity (Wildman–Crippen MR) is 71.2 cm³/mol. The van der Waals surface area contributed by atoms with Crippen LogP contribution in [0.25, 0.3) is 0 Å². The van der Waals surface area contributed by atoms with Crippen molar-refractivity contribution >= 4 is 40.8 Å². The fraction of sp³-hybridized carbons (Fsp3) is 0.333. The summed E-state index contributed by atoms with van der Waals surface area (Å²) < 4.78 is 0. The van der Waals surface area contributed by atoms with Gasteiger partial charge in [0.25, 0.3) is 0 Å². The molecule has 0 aliphatic carbocycles. The number of anilines is 1. The number of imide groups is 1. The third-order valence-electron chi connectivity index (χ3n) is 2.64. The fourth-order valence-electron chi connectivity index (χ4n) is 1.86. The summed E-state index contributed by atoms with van der Waals surface area (Å²) in [6.45, 7) is 3.58. The van der Waals surface area contributed by atoms with Gasteiger partial charge in [0.05, 0.1) is 17.1 Å². The van der Waals surface area contributed by atoms with Crippen LogP contribution in [0.4, 0.5) is 10.5 Å². The number of urea groups is 1. The molecule has 0 saturated carbocycles. The molecule has 1 fully saturated rings. The Morgan fingerprint density at radius 3 is 2.56 bits per heavy atom. The first-order chi connectivity index (χ1) is 8.30. The van der Waals surface area contributed by atoms with E-state index in [1.54, 1.807) is 26.0 Å². The second-order valence-electron chi connectivity index (χ2n) is 4.82. The summed E-state index contributed by atoms with van der Waals surface area (Å²) in [5, 5.41) is 3.47. The smallest absolute Gasteiger partial charge is 0.329 e. The minimum Gasteiger partial charge on any atom is -0.332 e. The van der Waals surface area contributed by atoms with Crippen molar-refractivity contribution in [2.24, 2.45) is 0 Å². The van der Waals surface area contributed by atoms with Gasteiger partial charge >= 0.3 is 6.03 Å². The molecular formula is C12H12Cl2N2O2. The highest BCUT2D eigenvalue weighted by Gasteiger charge is 2.38. The van der Waals surface area contributed by atoms with Crippen molar-refractivity contribution in [3.05, 3.63) is 28.2 Å². The Bertz CT molecular complexity index is 509. The summed E-state index contributed by atoms with van der Waals surface area (Å²) >= 11 is 11.9. The Hall–Kier alpha value is -1.26. The van der Waals surface area contributed by atoms with E-state index in [2.05, 4.69) is 5.32 Å². The van der Waals surface area contributed by atoms with E-state index in [9.17, 15) is 9.59 Å². The van der Waals surface area contributed by atoms with Crippen molar-refractivity contribution in [1.29, 1.82) is 0 Å². The number of rotatable bonds is 1. The van der Waals surface area contributed by atoms with Crippen LogP contribution < -0.4 is 10.2 Å². The van der Waals surface area contributed by atoms with E-state index in [1.807, 2.05) is 0 Å². The number of hydrogen-bond donors (Lipinski definition) is 1. The van der Waals surface area contributed by atoms with Crippen LogP contribution >= 0.6 is 23.2 Å². The molecule has 0 spiro atoms. The highest BCUT2D eigenvalue weighted by molar-refractivity contribution is 6.37. The molecule has 1 heterocycles. The van der Waals surface area contributed by atoms with Gasteiger partial charge in [0, 0.05) is 10.6 Å². The highest BCUT2D eigenvalue weighted by atomic mass is 35.5. The maximum atomic E-state index is 12.0. The molecule has 1 saturated heterocycles. The zero-order valence-corrected chi connectivity index (χ0v) is 11.5. The lowest BCUT2D eigenvalue weighted by molar-refractivity contribution is -0.119. The van der Waals surface area contributed by atoms with Gasteiger partial charge in [0.1, 0.15) is 0 Å². The van der Waals surface area contributed by atoms with Gasteiger partial charge in [-0.1, -0.05) is 23.2 Å². The molecule has 3 amide bonds. The quantitative estimate of drug-likeness (QED) is 0.862. The maximum absolute atomic E-state index is 12.0. The van der Waals surface area contributed by atoms with Gasteiger partial charge in [-0.25, -0.2) is 9.69 Å². The van der Waals surface area contributed by atoms with Gasteiger partial charge in [-0.05, 0) is 32.0 Å². The summed E-state index contributed by atoms with van der Waals surface area (Å²) in [7, 11) is 0. The van der Waals surface area contributed by atoms with Crippen LogP contribution in [0, 0.1) is 0 Å². The Balaban J connectivity index is 2.42. The number of nitrogens with zero attached hydrogens (tertiary/aromatic N) is 1. The Labute approximate surface area is 115 Å². The van der Waals surface area contributed by atoms with Crippen LogP contribution in [-0.2, 0) is 4.79 Å². The number of halogens is 2. The van der Waals surface area contributed by atoms with Crippen LogP contribution in [0.5, 0.6) is 0 Å². The summed E-state index contributed by atoms with van der Waals surface area (Å²) in [5.41, 5.74) is -0.238. The van der Waals surface area contributed by atoms with E-state index >= 15 is 0 Å². The molecule has 2 rings (SSSR count). The third kappa shape index (κ3) is 2.44. The summed E-state index contributed by atoms with van der Waals surface area (Å²) in [4.78, 5) is 25.1. The average Bonchev–Trinajstić information content (AvgIpc) is 2.20. The minimum absolute atomic E-state index is 0.210. The fourth-order valence-corrected chi connectivity index (χ4v) is 2.23. The van der Waals surface area contributed by atoms with Crippen molar-refractivity contribution < 1.29 is 9.59 Å². The molecule has 6 heteroatoms. The van der Waals surface area contributed by atoms with Crippen molar-refractivity contribution in [1.82, 2.24) is 5.32 Å². The normalized spacial score (nSPS) is 18.8. The monoisotopic (exact) mass is 286 g/mol. The SMILES string of the molecule is CC1(C)CC(=O)N(c2cc(Cl)ccc2Cl)C(=O)N1. The first-order valence-electron chi connectivity index (χ1n) is 5.40. The van der Waals surface area contributed by atoms with Crippen LogP contribution in [0.15, 0.2) is 18.2 Å². The topological polar surface area (TPSA) is 49.4 Å². The standard InChI is InChI=1S/C12H12Cl2N2O2/c1-12(2)6-10(17)16(11(18)15-12)9-5-7(13)3-4-8(9)14/h3-5H,6H2,1-2H3,(H,15,18). The van der Waals surface area contributed by atoms with Crippen LogP contribution in [-0.4, -0.2) is 17.5 Å². The van der Waals surface area contributed by atoms with Crippen molar-refractivity contribution in [2.75, 3.05) is 4.90 Å². The van der Waals surface area contributed by atoms with Crippen LogP contribution in [0.1, 0.15) is 20.3 Å².